The van der Waals surface area contributed by atoms with Crippen LogP contribution in [0.1, 0.15) is 11.1 Å². The maximum absolute atomic E-state index is 10.7. The number of hydrogen-bond donors (Lipinski definition) is 1. The van der Waals surface area contributed by atoms with Crippen molar-refractivity contribution in [3.8, 4) is 11.3 Å². The van der Waals surface area contributed by atoms with Crippen molar-refractivity contribution < 1.29 is 9.90 Å². The lowest BCUT2D eigenvalue weighted by Crippen LogP contribution is -2.07. The average molecular weight is 249 g/mol. The SMILES string of the molecule is O=C(O)C(Cl)c1ccc(-c2ccccc2)nn1. The molecule has 0 radical (unpaired) electrons. The molecule has 0 bridgehead atoms. The highest BCUT2D eigenvalue weighted by molar-refractivity contribution is 6.29. The zero-order chi connectivity index (χ0) is 12.3. The zero-order valence-electron chi connectivity index (χ0n) is 8.75. The maximum atomic E-state index is 10.7. The first-order chi connectivity index (χ1) is 8.18. The Morgan fingerprint density at radius 1 is 1.12 bits per heavy atom. The van der Waals surface area contributed by atoms with Crippen LogP contribution in [0, 0.1) is 0 Å². The second-order valence-electron chi connectivity index (χ2n) is 3.41. The molecule has 1 aromatic carbocycles. The minimum atomic E-state index is -1.16. The summed E-state index contributed by atoms with van der Waals surface area (Å²) < 4.78 is 0. The van der Waals surface area contributed by atoms with Crippen LogP contribution in [0.2, 0.25) is 0 Å². The molecule has 0 saturated heterocycles. The highest BCUT2D eigenvalue weighted by Crippen LogP contribution is 2.20. The third kappa shape index (κ3) is 2.60. The predicted octanol–water partition coefficient (Wildman–Crippen LogP) is 2.51. The van der Waals surface area contributed by atoms with Gasteiger partial charge in [-0.15, -0.1) is 11.6 Å². The molecule has 1 N–H and O–H groups in total. The van der Waals surface area contributed by atoms with Crippen molar-refractivity contribution in [2.45, 2.75) is 5.38 Å². The Kier molecular flexibility index (Phi) is 3.35. The van der Waals surface area contributed by atoms with E-state index in [4.69, 9.17) is 16.7 Å². The molecule has 86 valence electrons. The van der Waals surface area contributed by atoms with Gasteiger partial charge in [0.15, 0.2) is 5.38 Å². The number of carboxylic acid groups (broad SMARTS) is 1. The molecule has 17 heavy (non-hydrogen) atoms. The zero-order valence-corrected chi connectivity index (χ0v) is 9.50. The molecule has 0 fully saturated rings. The molecular weight excluding hydrogens is 240 g/mol. The van der Waals surface area contributed by atoms with Crippen LogP contribution in [0.4, 0.5) is 0 Å². The molecule has 5 heteroatoms. The van der Waals surface area contributed by atoms with Crippen LogP contribution in [0.15, 0.2) is 42.5 Å². The lowest BCUT2D eigenvalue weighted by atomic mass is 10.1. The van der Waals surface area contributed by atoms with Gasteiger partial charge in [-0.3, -0.25) is 4.79 Å². The molecule has 1 unspecified atom stereocenters. The van der Waals surface area contributed by atoms with E-state index in [0.717, 1.165) is 5.56 Å². The van der Waals surface area contributed by atoms with E-state index in [0.29, 0.717) is 5.69 Å². The van der Waals surface area contributed by atoms with Gasteiger partial charge in [0.05, 0.1) is 11.4 Å². The standard InChI is InChI=1S/C12H9ClN2O2/c13-11(12(16)17)10-7-6-9(14-15-10)8-4-2-1-3-5-8/h1-7,11H,(H,16,17). The molecule has 0 spiro atoms. The van der Waals surface area contributed by atoms with Gasteiger partial charge in [-0.05, 0) is 12.1 Å². The van der Waals surface area contributed by atoms with E-state index < -0.39 is 11.3 Å². The third-order valence-electron chi connectivity index (χ3n) is 2.23. The second-order valence-corrected chi connectivity index (χ2v) is 3.85. The monoisotopic (exact) mass is 248 g/mol. The minimum absolute atomic E-state index is 0.235. The molecule has 4 nitrogen and oxygen atoms in total. The number of aromatic nitrogens is 2. The normalized spacial score (nSPS) is 12.1. The first-order valence-corrected chi connectivity index (χ1v) is 5.38. The summed E-state index contributed by atoms with van der Waals surface area (Å²) in [4.78, 5) is 10.7. The number of rotatable bonds is 3. The van der Waals surface area contributed by atoms with Crippen LogP contribution in [-0.2, 0) is 4.79 Å². The smallest absolute Gasteiger partial charge is 0.327 e. The van der Waals surface area contributed by atoms with Crippen LogP contribution in [0.5, 0.6) is 0 Å². The van der Waals surface area contributed by atoms with E-state index >= 15 is 0 Å². The van der Waals surface area contributed by atoms with E-state index in [1.807, 2.05) is 30.3 Å². The van der Waals surface area contributed by atoms with Crippen LogP contribution in [0.3, 0.4) is 0 Å². The molecule has 1 atom stereocenters. The van der Waals surface area contributed by atoms with Gasteiger partial charge in [0.25, 0.3) is 0 Å². The molecule has 1 heterocycles. The van der Waals surface area contributed by atoms with Crippen LogP contribution < -0.4 is 0 Å². The summed E-state index contributed by atoms with van der Waals surface area (Å²) in [6.45, 7) is 0. The summed E-state index contributed by atoms with van der Waals surface area (Å²) in [5.74, 6) is -1.13. The molecule has 2 rings (SSSR count). The Labute approximate surface area is 103 Å². The first kappa shape index (κ1) is 11.5. The van der Waals surface area contributed by atoms with Crippen LogP contribution in [0.25, 0.3) is 11.3 Å². The Morgan fingerprint density at radius 3 is 2.35 bits per heavy atom. The second kappa shape index (κ2) is 4.93. The van der Waals surface area contributed by atoms with Gasteiger partial charge in [-0.2, -0.15) is 10.2 Å². The van der Waals surface area contributed by atoms with Gasteiger partial charge in [0.1, 0.15) is 0 Å². The summed E-state index contributed by atoms with van der Waals surface area (Å²) in [6.07, 6.45) is 0. The van der Waals surface area contributed by atoms with Crippen molar-refractivity contribution in [2.75, 3.05) is 0 Å². The van der Waals surface area contributed by atoms with Gasteiger partial charge >= 0.3 is 5.97 Å². The number of benzene rings is 1. The van der Waals surface area contributed by atoms with Gasteiger partial charge in [-0.1, -0.05) is 30.3 Å². The molecule has 0 amide bonds. The van der Waals surface area contributed by atoms with E-state index in [9.17, 15) is 4.79 Å². The lowest BCUT2D eigenvalue weighted by Gasteiger charge is -2.04. The van der Waals surface area contributed by atoms with Gasteiger partial charge < -0.3 is 5.11 Å². The maximum Gasteiger partial charge on any atom is 0.327 e. The van der Waals surface area contributed by atoms with E-state index in [-0.39, 0.29) is 5.69 Å². The number of carboxylic acids is 1. The Hall–Kier alpha value is -1.94. The van der Waals surface area contributed by atoms with E-state index in [2.05, 4.69) is 10.2 Å². The van der Waals surface area contributed by atoms with E-state index in [1.165, 1.54) is 0 Å². The first-order valence-electron chi connectivity index (χ1n) is 4.94. The van der Waals surface area contributed by atoms with Crippen molar-refractivity contribution in [2.24, 2.45) is 0 Å². The highest BCUT2D eigenvalue weighted by Gasteiger charge is 2.18. The number of aliphatic carboxylic acids is 1. The number of carbonyl (C=O) groups is 1. The van der Waals surface area contributed by atoms with Gasteiger partial charge in [0.2, 0.25) is 0 Å². The summed E-state index contributed by atoms with van der Waals surface area (Å²) >= 11 is 5.64. The average Bonchev–Trinajstić information content (AvgIpc) is 2.39. The van der Waals surface area contributed by atoms with Crippen molar-refractivity contribution >= 4 is 17.6 Å². The largest absolute Gasteiger partial charge is 0.480 e. The molecule has 0 saturated carbocycles. The number of nitrogens with zero attached hydrogens (tertiary/aromatic N) is 2. The molecule has 0 aliphatic heterocycles. The number of halogens is 1. The predicted molar refractivity (Wildman–Crippen MR) is 63.7 cm³/mol. The van der Waals surface area contributed by atoms with Gasteiger partial charge in [-0.25, -0.2) is 0 Å². The summed E-state index contributed by atoms with van der Waals surface area (Å²) in [7, 11) is 0. The Bertz CT molecular complexity index is 514. The fourth-order valence-electron chi connectivity index (χ4n) is 1.37. The Balaban J connectivity index is 2.28. The fourth-order valence-corrected chi connectivity index (χ4v) is 1.48. The highest BCUT2D eigenvalue weighted by atomic mass is 35.5. The Morgan fingerprint density at radius 2 is 1.82 bits per heavy atom. The summed E-state index contributed by atoms with van der Waals surface area (Å²) in [6, 6.07) is 12.8. The topological polar surface area (TPSA) is 63.1 Å². The molecule has 0 aliphatic rings. The fraction of sp³-hybridized carbons (Fsp3) is 0.0833. The number of alkyl halides is 1. The minimum Gasteiger partial charge on any atom is -0.480 e. The molecule has 1 aromatic heterocycles. The van der Waals surface area contributed by atoms with Crippen molar-refractivity contribution in [3.63, 3.8) is 0 Å². The van der Waals surface area contributed by atoms with Crippen LogP contribution >= 0.6 is 11.6 Å². The van der Waals surface area contributed by atoms with E-state index in [1.54, 1.807) is 12.1 Å². The quantitative estimate of drug-likeness (QED) is 0.848. The van der Waals surface area contributed by atoms with Crippen molar-refractivity contribution in [1.29, 1.82) is 0 Å². The van der Waals surface area contributed by atoms with Crippen LogP contribution in [-0.4, -0.2) is 21.3 Å². The molecule has 2 aromatic rings. The number of hydrogen-bond acceptors (Lipinski definition) is 3. The molecule has 0 aliphatic carbocycles. The molecular formula is C12H9ClN2O2. The third-order valence-corrected chi connectivity index (χ3v) is 2.64. The van der Waals surface area contributed by atoms with Gasteiger partial charge in [0, 0.05) is 5.56 Å². The lowest BCUT2D eigenvalue weighted by molar-refractivity contribution is -0.136. The summed E-state index contributed by atoms with van der Waals surface area (Å²) in [5.41, 5.74) is 1.84. The van der Waals surface area contributed by atoms with Crippen molar-refractivity contribution in [1.82, 2.24) is 10.2 Å². The van der Waals surface area contributed by atoms with Crippen molar-refractivity contribution in [3.05, 3.63) is 48.2 Å². The summed E-state index contributed by atoms with van der Waals surface area (Å²) in [5, 5.41) is 15.3.